The molecule has 3 aromatic rings. The van der Waals surface area contributed by atoms with Crippen LogP contribution in [0, 0.1) is 0 Å². The molecule has 4 rings (SSSR count). The molecule has 0 bridgehead atoms. The number of amides is 1. The van der Waals surface area contributed by atoms with Gasteiger partial charge in [-0.25, -0.2) is 4.79 Å². The Morgan fingerprint density at radius 2 is 1.79 bits per heavy atom. The molecule has 1 aliphatic rings. The van der Waals surface area contributed by atoms with Crippen molar-refractivity contribution in [3.8, 4) is 5.75 Å². The maximum Gasteiger partial charge on any atom is 0.335 e. The predicted octanol–water partition coefficient (Wildman–Crippen LogP) is 4.16. The first-order valence-electron chi connectivity index (χ1n) is 8.75. The van der Waals surface area contributed by atoms with Gasteiger partial charge in [-0.3, -0.25) is 9.69 Å². The zero-order valence-corrected chi connectivity index (χ0v) is 15.1. The second kappa shape index (κ2) is 7.08. The van der Waals surface area contributed by atoms with E-state index in [1.807, 2.05) is 36.4 Å². The van der Waals surface area contributed by atoms with Gasteiger partial charge in [0.25, 0.3) is 5.91 Å². The molecule has 0 saturated heterocycles. The molecule has 6 nitrogen and oxygen atoms in total. The van der Waals surface area contributed by atoms with Crippen LogP contribution in [0.5, 0.6) is 5.75 Å². The number of methoxy groups -OCH3 is 1. The average Bonchev–Trinajstić information content (AvgIpc) is 2.73. The largest absolute Gasteiger partial charge is 0.497 e. The number of fused-ring (bicyclic) bond motifs is 1. The van der Waals surface area contributed by atoms with E-state index in [1.165, 1.54) is 12.1 Å². The van der Waals surface area contributed by atoms with E-state index in [1.54, 1.807) is 36.3 Å². The molecule has 28 heavy (non-hydrogen) atoms. The molecule has 0 spiro atoms. The number of ether oxygens (including phenoxy) is 1. The highest BCUT2D eigenvalue weighted by molar-refractivity contribution is 6.12. The summed E-state index contributed by atoms with van der Waals surface area (Å²) in [6, 6.07) is 21.1. The normalized spacial score (nSPS) is 15.5. The van der Waals surface area contributed by atoms with E-state index >= 15 is 0 Å². The number of carboxylic acids is 1. The highest BCUT2D eigenvalue weighted by Gasteiger charge is 2.34. The monoisotopic (exact) mass is 374 g/mol. The Morgan fingerprint density at radius 1 is 1.04 bits per heavy atom. The van der Waals surface area contributed by atoms with Crippen LogP contribution in [0.15, 0.2) is 72.8 Å². The molecule has 0 fully saturated rings. The van der Waals surface area contributed by atoms with Crippen molar-refractivity contribution in [3.05, 3.63) is 89.5 Å². The number of carboxylic acid groups (broad SMARTS) is 1. The highest BCUT2D eigenvalue weighted by atomic mass is 16.5. The van der Waals surface area contributed by atoms with E-state index in [2.05, 4.69) is 5.32 Å². The first-order chi connectivity index (χ1) is 13.6. The summed E-state index contributed by atoms with van der Waals surface area (Å²) < 4.78 is 5.31. The summed E-state index contributed by atoms with van der Waals surface area (Å²) in [5, 5.41) is 12.5. The fourth-order valence-corrected chi connectivity index (χ4v) is 3.32. The van der Waals surface area contributed by atoms with Crippen LogP contribution in [0.4, 0.5) is 11.4 Å². The summed E-state index contributed by atoms with van der Waals surface area (Å²) in [6.07, 6.45) is -0.489. The number of nitrogens with one attached hydrogen (secondary N) is 1. The van der Waals surface area contributed by atoms with E-state index in [0.29, 0.717) is 17.0 Å². The van der Waals surface area contributed by atoms with Crippen LogP contribution in [-0.4, -0.2) is 24.1 Å². The molecule has 1 atom stereocenters. The maximum absolute atomic E-state index is 13.3. The third-order valence-corrected chi connectivity index (χ3v) is 4.73. The Morgan fingerprint density at radius 3 is 2.50 bits per heavy atom. The van der Waals surface area contributed by atoms with E-state index < -0.39 is 12.1 Å². The van der Waals surface area contributed by atoms with Crippen LogP contribution in [0.1, 0.15) is 32.4 Å². The zero-order valence-electron chi connectivity index (χ0n) is 15.1. The smallest absolute Gasteiger partial charge is 0.335 e. The number of hydrogen-bond donors (Lipinski definition) is 2. The Balaban J connectivity index is 1.83. The van der Waals surface area contributed by atoms with Crippen molar-refractivity contribution in [1.82, 2.24) is 0 Å². The average molecular weight is 374 g/mol. The number of nitrogens with zero attached hydrogens (tertiary/aromatic N) is 1. The topological polar surface area (TPSA) is 78.9 Å². The van der Waals surface area contributed by atoms with Crippen LogP contribution in [-0.2, 0) is 0 Å². The molecule has 0 radical (unpaired) electrons. The molecule has 0 aliphatic carbocycles. The number of anilines is 2. The lowest BCUT2D eigenvalue weighted by Crippen LogP contribution is -2.43. The van der Waals surface area contributed by atoms with Gasteiger partial charge in [0.15, 0.2) is 0 Å². The zero-order chi connectivity index (χ0) is 19.7. The second-order valence-corrected chi connectivity index (χ2v) is 6.40. The minimum atomic E-state index is -0.991. The van der Waals surface area contributed by atoms with Crippen molar-refractivity contribution >= 4 is 23.3 Å². The van der Waals surface area contributed by atoms with Crippen molar-refractivity contribution in [2.24, 2.45) is 0 Å². The van der Waals surface area contributed by atoms with Crippen LogP contribution < -0.4 is 15.0 Å². The second-order valence-electron chi connectivity index (χ2n) is 6.40. The first-order valence-corrected chi connectivity index (χ1v) is 8.75. The third kappa shape index (κ3) is 3.05. The number of rotatable bonds is 4. The number of aromatic carboxylic acids is 1. The molecule has 1 aliphatic heterocycles. The van der Waals surface area contributed by atoms with Gasteiger partial charge < -0.3 is 15.2 Å². The molecule has 140 valence electrons. The lowest BCUT2D eigenvalue weighted by atomic mass is 10.0. The SMILES string of the molecule is COc1cccc(N2C(=O)c3ccccc3NC2c2ccc(C(=O)O)cc2)c1. The summed E-state index contributed by atoms with van der Waals surface area (Å²) in [5.74, 6) is -0.492. The maximum atomic E-state index is 13.3. The van der Waals surface area contributed by atoms with Gasteiger partial charge in [-0.15, -0.1) is 0 Å². The number of benzene rings is 3. The van der Waals surface area contributed by atoms with Crippen molar-refractivity contribution in [2.45, 2.75) is 6.17 Å². The molecule has 1 amide bonds. The van der Waals surface area contributed by atoms with E-state index in [9.17, 15) is 9.59 Å². The fraction of sp³-hybridized carbons (Fsp3) is 0.0909. The molecule has 0 aromatic heterocycles. The van der Waals surface area contributed by atoms with Gasteiger partial charge >= 0.3 is 5.97 Å². The summed E-state index contributed by atoms with van der Waals surface area (Å²) in [4.78, 5) is 26.1. The number of para-hydroxylation sites is 1. The summed E-state index contributed by atoms with van der Waals surface area (Å²) >= 11 is 0. The summed E-state index contributed by atoms with van der Waals surface area (Å²) in [5.41, 5.74) is 2.95. The Kier molecular flexibility index (Phi) is 4.45. The number of carbonyl (C=O) groups is 2. The molecular weight excluding hydrogens is 356 g/mol. The van der Waals surface area contributed by atoms with Gasteiger partial charge in [0.05, 0.1) is 23.9 Å². The van der Waals surface area contributed by atoms with Crippen molar-refractivity contribution in [3.63, 3.8) is 0 Å². The van der Waals surface area contributed by atoms with Gasteiger partial charge in [-0.05, 0) is 42.0 Å². The minimum absolute atomic E-state index is 0.144. The van der Waals surface area contributed by atoms with Crippen LogP contribution in [0.3, 0.4) is 0 Å². The van der Waals surface area contributed by atoms with Crippen LogP contribution in [0.25, 0.3) is 0 Å². The Labute approximate surface area is 162 Å². The Bertz CT molecular complexity index is 1050. The molecule has 2 N–H and O–H groups in total. The third-order valence-electron chi connectivity index (χ3n) is 4.73. The minimum Gasteiger partial charge on any atom is -0.497 e. The van der Waals surface area contributed by atoms with Crippen molar-refractivity contribution < 1.29 is 19.4 Å². The van der Waals surface area contributed by atoms with Gasteiger partial charge in [0, 0.05) is 11.8 Å². The van der Waals surface area contributed by atoms with Crippen molar-refractivity contribution in [2.75, 3.05) is 17.3 Å². The molecule has 1 unspecified atom stereocenters. The molecular formula is C22H18N2O4. The summed E-state index contributed by atoms with van der Waals surface area (Å²) in [6.45, 7) is 0. The quantitative estimate of drug-likeness (QED) is 0.717. The number of carbonyl (C=O) groups excluding carboxylic acids is 1. The van der Waals surface area contributed by atoms with E-state index in [4.69, 9.17) is 9.84 Å². The molecule has 6 heteroatoms. The fourth-order valence-electron chi connectivity index (χ4n) is 3.32. The van der Waals surface area contributed by atoms with Crippen LogP contribution in [0.2, 0.25) is 0 Å². The Hall–Kier alpha value is -3.80. The van der Waals surface area contributed by atoms with Crippen LogP contribution >= 0.6 is 0 Å². The van der Waals surface area contributed by atoms with Crippen molar-refractivity contribution in [1.29, 1.82) is 0 Å². The lowest BCUT2D eigenvalue weighted by Gasteiger charge is -2.38. The lowest BCUT2D eigenvalue weighted by molar-refractivity contribution is 0.0696. The van der Waals surface area contributed by atoms with Gasteiger partial charge in [-0.2, -0.15) is 0 Å². The molecule has 0 saturated carbocycles. The first kappa shape index (κ1) is 17.6. The van der Waals surface area contributed by atoms with E-state index in [0.717, 1.165) is 11.3 Å². The van der Waals surface area contributed by atoms with Gasteiger partial charge in [-0.1, -0.05) is 30.3 Å². The number of hydrogen-bond acceptors (Lipinski definition) is 4. The summed E-state index contributed by atoms with van der Waals surface area (Å²) in [7, 11) is 1.58. The predicted molar refractivity (Wildman–Crippen MR) is 106 cm³/mol. The van der Waals surface area contributed by atoms with Gasteiger partial charge in [0.2, 0.25) is 0 Å². The van der Waals surface area contributed by atoms with E-state index in [-0.39, 0.29) is 11.5 Å². The highest BCUT2D eigenvalue weighted by Crippen LogP contribution is 2.37. The standard InChI is InChI=1S/C22H18N2O4/c1-28-17-6-4-5-16(13-17)24-20(14-9-11-15(12-10-14)22(26)27)23-19-8-3-2-7-18(19)21(24)25/h2-13,20,23H,1H3,(H,26,27). The molecule has 1 heterocycles. The van der Waals surface area contributed by atoms with Gasteiger partial charge in [0.1, 0.15) is 11.9 Å². The molecule has 3 aromatic carbocycles.